The van der Waals surface area contributed by atoms with E-state index in [2.05, 4.69) is 20.1 Å². The summed E-state index contributed by atoms with van der Waals surface area (Å²) in [6.45, 7) is 2.85. The Bertz CT molecular complexity index is 1000. The molecule has 28 heavy (non-hydrogen) atoms. The molecular formula is C19H18F3N5O. The van der Waals surface area contributed by atoms with E-state index in [9.17, 15) is 18.0 Å². The van der Waals surface area contributed by atoms with Crippen LogP contribution in [0.5, 0.6) is 0 Å². The second kappa shape index (κ2) is 6.90. The first-order valence-electron chi connectivity index (χ1n) is 8.81. The van der Waals surface area contributed by atoms with Crippen LogP contribution in [0.15, 0.2) is 36.7 Å². The Balaban J connectivity index is 1.66. The lowest BCUT2D eigenvalue weighted by Crippen LogP contribution is -2.47. The predicted molar refractivity (Wildman–Crippen MR) is 97.7 cm³/mol. The number of carbonyl (C=O) groups is 1. The van der Waals surface area contributed by atoms with Crippen LogP contribution >= 0.6 is 0 Å². The maximum atomic E-state index is 13.2. The van der Waals surface area contributed by atoms with E-state index in [4.69, 9.17) is 0 Å². The Labute approximate surface area is 159 Å². The topological polar surface area (TPSA) is 65.1 Å². The number of hydrogen-bond donors (Lipinski definition) is 1. The van der Waals surface area contributed by atoms with Crippen molar-refractivity contribution in [3.05, 3.63) is 47.9 Å². The number of benzene rings is 1. The fraction of sp³-hybridized carbons (Fsp3) is 0.316. The van der Waals surface area contributed by atoms with Gasteiger partial charge in [-0.25, -0.2) is 0 Å². The number of alkyl halides is 3. The first kappa shape index (κ1) is 18.4. The minimum absolute atomic E-state index is 0.169. The fourth-order valence-corrected chi connectivity index (χ4v) is 3.30. The van der Waals surface area contributed by atoms with Gasteiger partial charge in [0.05, 0.1) is 17.3 Å². The third-order valence-corrected chi connectivity index (χ3v) is 4.97. The Morgan fingerprint density at radius 3 is 2.50 bits per heavy atom. The van der Waals surface area contributed by atoms with Crippen LogP contribution in [-0.2, 0) is 6.18 Å². The number of fused-ring (bicyclic) bond motifs is 1. The van der Waals surface area contributed by atoms with E-state index in [0.29, 0.717) is 35.1 Å². The Morgan fingerprint density at radius 1 is 1.11 bits per heavy atom. The summed E-state index contributed by atoms with van der Waals surface area (Å²) in [6.07, 6.45) is -1.56. The predicted octanol–water partition coefficient (Wildman–Crippen LogP) is 3.03. The monoisotopic (exact) mass is 389 g/mol. The number of rotatable bonds is 2. The zero-order valence-corrected chi connectivity index (χ0v) is 15.1. The molecule has 1 aliphatic rings. The SMILES string of the molecule is CN1CCN(C(=O)c2ccc(-c3cc(C(F)(F)F)cc4[nH]ncc34)cn2)CC1. The molecule has 1 fully saturated rings. The van der Waals surface area contributed by atoms with Gasteiger partial charge >= 0.3 is 6.18 Å². The third-order valence-electron chi connectivity index (χ3n) is 4.97. The highest BCUT2D eigenvalue weighted by Gasteiger charge is 2.32. The highest BCUT2D eigenvalue weighted by atomic mass is 19.4. The van der Waals surface area contributed by atoms with E-state index in [0.717, 1.165) is 25.2 Å². The summed E-state index contributed by atoms with van der Waals surface area (Å²) >= 11 is 0. The quantitative estimate of drug-likeness (QED) is 0.732. The van der Waals surface area contributed by atoms with Crippen molar-refractivity contribution in [3.63, 3.8) is 0 Å². The summed E-state index contributed by atoms with van der Waals surface area (Å²) in [7, 11) is 2.00. The standard InChI is InChI=1S/C19H18F3N5O/c1-26-4-6-27(7-5-26)18(28)16-3-2-12(10-23-16)14-8-13(19(20,21)22)9-17-15(14)11-24-25-17/h2-3,8-11H,4-7H2,1H3,(H,24,25). The minimum atomic E-state index is -4.47. The molecule has 2 aromatic heterocycles. The van der Waals surface area contributed by atoms with Gasteiger partial charge in [-0.2, -0.15) is 18.3 Å². The van der Waals surface area contributed by atoms with Crippen LogP contribution in [0.25, 0.3) is 22.0 Å². The van der Waals surface area contributed by atoms with Crippen molar-refractivity contribution in [1.29, 1.82) is 0 Å². The lowest BCUT2D eigenvalue weighted by Gasteiger charge is -2.32. The molecule has 9 heteroatoms. The molecule has 0 aliphatic carbocycles. The molecule has 1 amide bonds. The van der Waals surface area contributed by atoms with Crippen molar-refractivity contribution >= 4 is 16.8 Å². The lowest BCUT2D eigenvalue weighted by molar-refractivity contribution is -0.137. The number of halogens is 3. The van der Waals surface area contributed by atoms with Gasteiger partial charge < -0.3 is 9.80 Å². The number of carbonyl (C=O) groups excluding carboxylic acids is 1. The van der Waals surface area contributed by atoms with Gasteiger partial charge in [0.1, 0.15) is 5.69 Å². The van der Waals surface area contributed by atoms with E-state index in [1.165, 1.54) is 12.4 Å². The average molecular weight is 389 g/mol. The van der Waals surface area contributed by atoms with Gasteiger partial charge in [0.2, 0.25) is 0 Å². The molecule has 1 aromatic carbocycles. The van der Waals surface area contributed by atoms with E-state index in [-0.39, 0.29) is 11.6 Å². The molecule has 1 saturated heterocycles. The van der Waals surface area contributed by atoms with E-state index >= 15 is 0 Å². The molecule has 0 bridgehead atoms. The van der Waals surface area contributed by atoms with Gasteiger partial charge in [-0.3, -0.25) is 14.9 Å². The van der Waals surface area contributed by atoms with Crippen LogP contribution in [-0.4, -0.2) is 64.1 Å². The van der Waals surface area contributed by atoms with E-state index < -0.39 is 11.7 Å². The minimum Gasteiger partial charge on any atom is -0.335 e. The molecule has 3 heterocycles. The number of nitrogens with zero attached hydrogens (tertiary/aromatic N) is 4. The second-order valence-corrected chi connectivity index (χ2v) is 6.88. The zero-order valence-electron chi connectivity index (χ0n) is 15.1. The Hall–Kier alpha value is -2.94. The molecular weight excluding hydrogens is 371 g/mol. The Morgan fingerprint density at radius 2 is 1.86 bits per heavy atom. The van der Waals surface area contributed by atoms with Crippen molar-refractivity contribution < 1.29 is 18.0 Å². The summed E-state index contributed by atoms with van der Waals surface area (Å²) in [5.41, 5.74) is 0.667. The molecule has 0 atom stereocenters. The van der Waals surface area contributed by atoms with Crippen LogP contribution in [0.1, 0.15) is 16.1 Å². The van der Waals surface area contributed by atoms with Crippen LogP contribution in [0.4, 0.5) is 13.2 Å². The highest BCUT2D eigenvalue weighted by molar-refractivity contribution is 5.96. The molecule has 6 nitrogen and oxygen atoms in total. The van der Waals surface area contributed by atoms with E-state index in [1.807, 2.05) is 7.05 Å². The summed E-state index contributed by atoms with van der Waals surface area (Å²) in [4.78, 5) is 20.7. The first-order chi connectivity index (χ1) is 13.3. The van der Waals surface area contributed by atoms with Crippen molar-refractivity contribution in [1.82, 2.24) is 25.0 Å². The van der Waals surface area contributed by atoms with Crippen LogP contribution in [0.2, 0.25) is 0 Å². The summed E-state index contributed by atoms with van der Waals surface area (Å²) in [6, 6.07) is 5.29. The van der Waals surface area contributed by atoms with Crippen molar-refractivity contribution in [2.24, 2.45) is 0 Å². The summed E-state index contributed by atoms with van der Waals surface area (Å²) in [5, 5.41) is 6.99. The highest BCUT2D eigenvalue weighted by Crippen LogP contribution is 2.36. The van der Waals surface area contributed by atoms with Crippen molar-refractivity contribution in [3.8, 4) is 11.1 Å². The normalized spacial score (nSPS) is 15.9. The molecule has 3 aromatic rings. The van der Waals surface area contributed by atoms with Crippen LogP contribution in [0, 0.1) is 0 Å². The van der Waals surface area contributed by atoms with Gasteiger partial charge in [-0.1, -0.05) is 6.07 Å². The summed E-state index contributed by atoms with van der Waals surface area (Å²) in [5.74, 6) is -0.169. The number of piperazine rings is 1. The number of hydrogen-bond acceptors (Lipinski definition) is 4. The van der Waals surface area contributed by atoms with Gasteiger partial charge in [-0.05, 0) is 30.8 Å². The van der Waals surface area contributed by atoms with Gasteiger partial charge in [0.15, 0.2) is 0 Å². The third kappa shape index (κ3) is 3.45. The van der Waals surface area contributed by atoms with Gasteiger partial charge in [-0.15, -0.1) is 0 Å². The number of aromatic nitrogens is 3. The molecule has 0 unspecified atom stereocenters. The smallest absolute Gasteiger partial charge is 0.335 e. The molecule has 146 valence electrons. The number of H-pyrrole nitrogens is 1. The number of pyridine rings is 1. The first-order valence-corrected chi connectivity index (χ1v) is 8.81. The molecule has 0 spiro atoms. The van der Waals surface area contributed by atoms with Gasteiger partial charge in [0, 0.05) is 43.3 Å². The molecule has 0 saturated carbocycles. The van der Waals surface area contributed by atoms with Gasteiger partial charge in [0.25, 0.3) is 5.91 Å². The maximum absolute atomic E-state index is 13.2. The maximum Gasteiger partial charge on any atom is 0.416 e. The van der Waals surface area contributed by atoms with Crippen LogP contribution < -0.4 is 0 Å². The number of likely N-dealkylation sites (N-methyl/N-ethyl adjacent to an activating group) is 1. The summed E-state index contributed by atoms with van der Waals surface area (Å²) < 4.78 is 39.7. The fourth-order valence-electron chi connectivity index (χ4n) is 3.30. The Kier molecular flexibility index (Phi) is 4.54. The molecule has 1 aliphatic heterocycles. The number of nitrogens with one attached hydrogen (secondary N) is 1. The van der Waals surface area contributed by atoms with Crippen molar-refractivity contribution in [2.45, 2.75) is 6.18 Å². The lowest BCUT2D eigenvalue weighted by atomic mass is 10.00. The average Bonchev–Trinajstić information content (AvgIpc) is 3.15. The molecule has 4 rings (SSSR count). The molecule has 1 N–H and O–H groups in total. The largest absolute Gasteiger partial charge is 0.416 e. The van der Waals surface area contributed by atoms with Crippen molar-refractivity contribution in [2.75, 3.05) is 33.2 Å². The second-order valence-electron chi connectivity index (χ2n) is 6.88. The zero-order chi connectivity index (χ0) is 19.9. The molecule has 0 radical (unpaired) electrons. The van der Waals surface area contributed by atoms with E-state index in [1.54, 1.807) is 17.0 Å². The number of amides is 1. The number of aromatic amines is 1. The van der Waals surface area contributed by atoms with Crippen LogP contribution in [0.3, 0.4) is 0 Å².